The number of carbonyl (C=O) groups excluding carboxylic acids is 1. The first kappa shape index (κ1) is 31.5. The molecule has 3 N–H and O–H groups in total. The van der Waals surface area contributed by atoms with Crippen LogP contribution in [0.3, 0.4) is 0 Å². The fourth-order valence-electron chi connectivity index (χ4n) is 4.96. The summed E-state index contributed by atoms with van der Waals surface area (Å²) in [6, 6.07) is 43.2. The molecule has 1 amide bonds. The number of aryl methyl sites for hydroxylation is 1. The van der Waals surface area contributed by atoms with Gasteiger partial charge in [-0.15, -0.1) is 0 Å². The van der Waals surface area contributed by atoms with Gasteiger partial charge in [0.15, 0.2) is 11.5 Å². The van der Waals surface area contributed by atoms with Gasteiger partial charge in [-0.05, 0) is 71.5 Å². The minimum absolute atomic E-state index is 0.0782. The summed E-state index contributed by atoms with van der Waals surface area (Å²) in [4.78, 5) is 12.6. The SMILES string of the molecule is O=C(NCc1ccccc1)c1cccc(CCCNCC(O)c2ccc(OCc3ccccc3)c(OCc3ccccc3)c2)c1. The predicted octanol–water partition coefficient (Wildman–Crippen LogP) is 7.03. The average Bonchev–Trinajstić information content (AvgIpc) is 3.10. The summed E-state index contributed by atoms with van der Waals surface area (Å²) in [5.41, 5.74) is 5.71. The van der Waals surface area contributed by atoms with Gasteiger partial charge in [0, 0.05) is 18.7 Å². The lowest BCUT2D eigenvalue weighted by molar-refractivity contribution is 0.0950. The van der Waals surface area contributed by atoms with Crippen molar-refractivity contribution in [2.24, 2.45) is 0 Å². The number of rotatable bonds is 16. The van der Waals surface area contributed by atoms with Gasteiger partial charge in [-0.25, -0.2) is 0 Å². The molecule has 6 nitrogen and oxygen atoms in total. The Morgan fingerprint density at radius 1 is 0.644 bits per heavy atom. The fourth-order valence-corrected chi connectivity index (χ4v) is 4.96. The quantitative estimate of drug-likeness (QED) is 0.106. The van der Waals surface area contributed by atoms with Crippen LogP contribution in [0.15, 0.2) is 133 Å². The van der Waals surface area contributed by atoms with E-state index in [2.05, 4.69) is 10.6 Å². The van der Waals surface area contributed by atoms with Crippen LogP contribution < -0.4 is 20.1 Å². The van der Waals surface area contributed by atoms with E-state index >= 15 is 0 Å². The van der Waals surface area contributed by atoms with Crippen molar-refractivity contribution < 1.29 is 19.4 Å². The number of hydrogen-bond acceptors (Lipinski definition) is 5. The van der Waals surface area contributed by atoms with E-state index in [1.165, 1.54) is 0 Å². The van der Waals surface area contributed by atoms with Gasteiger partial charge < -0.3 is 25.2 Å². The first-order valence-electron chi connectivity index (χ1n) is 15.4. The van der Waals surface area contributed by atoms with E-state index in [1.54, 1.807) is 0 Å². The van der Waals surface area contributed by atoms with Gasteiger partial charge in [0.1, 0.15) is 13.2 Å². The lowest BCUT2D eigenvalue weighted by Gasteiger charge is -2.17. The van der Waals surface area contributed by atoms with Gasteiger partial charge in [0.05, 0.1) is 6.10 Å². The second kappa shape index (κ2) is 16.8. The molecule has 0 saturated carbocycles. The number of hydrogen-bond donors (Lipinski definition) is 3. The highest BCUT2D eigenvalue weighted by Crippen LogP contribution is 2.32. The highest BCUT2D eigenvalue weighted by molar-refractivity contribution is 5.94. The van der Waals surface area contributed by atoms with Crippen LogP contribution in [0.25, 0.3) is 0 Å². The van der Waals surface area contributed by atoms with E-state index in [4.69, 9.17) is 9.47 Å². The summed E-state index contributed by atoms with van der Waals surface area (Å²) in [6.07, 6.45) is 0.997. The fraction of sp³-hybridized carbons (Fsp3) is 0.205. The molecule has 0 aliphatic heterocycles. The summed E-state index contributed by atoms with van der Waals surface area (Å²) >= 11 is 0. The average molecular weight is 601 g/mol. The molecule has 0 bridgehead atoms. The molecule has 5 aromatic carbocycles. The van der Waals surface area contributed by atoms with E-state index in [0.29, 0.717) is 43.4 Å². The maximum absolute atomic E-state index is 12.6. The Labute approximate surface area is 265 Å². The summed E-state index contributed by atoms with van der Waals surface area (Å²) in [5, 5.41) is 17.3. The first-order chi connectivity index (χ1) is 22.1. The summed E-state index contributed by atoms with van der Waals surface area (Å²) in [5.74, 6) is 1.15. The zero-order valence-corrected chi connectivity index (χ0v) is 25.4. The standard InChI is InChI=1S/C39H40N2O4/c42-36(27-40-23-11-19-30-18-10-20-35(24-30)39(43)41-26-31-12-4-1-5-13-31)34-21-22-37(44-28-32-14-6-2-7-15-32)38(25-34)45-29-33-16-8-3-9-17-33/h1-10,12-18,20-22,24-25,36,40,42H,11,19,23,26-29H2,(H,41,43). The van der Waals surface area contributed by atoms with Crippen molar-refractivity contribution in [2.45, 2.75) is 38.7 Å². The molecular formula is C39H40N2O4. The van der Waals surface area contributed by atoms with Gasteiger partial charge in [-0.2, -0.15) is 0 Å². The van der Waals surface area contributed by atoms with Gasteiger partial charge >= 0.3 is 0 Å². The van der Waals surface area contributed by atoms with E-state index in [-0.39, 0.29) is 5.91 Å². The third kappa shape index (κ3) is 10.1. The minimum atomic E-state index is -0.705. The molecule has 0 aromatic heterocycles. The number of nitrogens with one attached hydrogen (secondary N) is 2. The van der Waals surface area contributed by atoms with Crippen molar-refractivity contribution in [3.63, 3.8) is 0 Å². The Bertz CT molecular complexity index is 1610. The van der Waals surface area contributed by atoms with Crippen LogP contribution in [0.1, 0.15) is 50.7 Å². The molecule has 1 atom stereocenters. The summed E-state index contributed by atoms with van der Waals surface area (Å²) in [7, 11) is 0. The molecule has 0 heterocycles. The Morgan fingerprint density at radius 2 is 1.24 bits per heavy atom. The van der Waals surface area contributed by atoms with Gasteiger partial charge in [-0.3, -0.25) is 4.79 Å². The predicted molar refractivity (Wildman–Crippen MR) is 178 cm³/mol. The van der Waals surface area contributed by atoms with Crippen molar-refractivity contribution in [1.29, 1.82) is 0 Å². The normalized spacial score (nSPS) is 11.5. The van der Waals surface area contributed by atoms with Crippen molar-refractivity contribution in [1.82, 2.24) is 10.6 Å². The number of aliphatic hydroxyl groups excluding tert-OH is 1. The third-order valence-electron chi connectivity index (χ3n) is 7.47. The number of amides is 1. The number of ether oxygens (including phenoxy) is 2. The van der Waals surface area contributed by atoms with Crippen molar-refractivity contribution in [3.05, 3.63) is 167 Å². The molecular weight excluding hydrogens is 560 g/mol. The number of carbonyl (C=O) groups is 1. The van der Waals surface area contributed by atoms with Crippen LogP contribution in [0.4, 0.5) is 0 Å². The topological polar surface area (TPSA) is 79.8 Å². The molecule has 0 saturated heterocycles. The van der Waals surface area contributed by atoms with E-state index in [0.717, 1.165) is 47.2 Å². The van der Waals surface area contributed by atoms with E-state index in [1.807, 2.05) is 133 Å². The maximum atomic E-state index is 12.6. The molecule has 6 heteroatoms. The van der Waals surface area contributed by atoms with Crippen LogP contribution in [0.2, 0.25) is 0 Å². The zero-order valence-electron chi connectivity index (χ0n) is 25.4. The van der Waals surface area contributed by atoms with Crippen LogP contribution in [-0.4, -0.2) is 24.1 Å². The van der Waals surface area contributed by atoms with Gasteiger partial charge in [-0.1, -0.05) is 109 Å². The first-order valence-corrected chi connectivity index (χ1v) is 15.4. The Hall–Kier alpha value is -4.91. The largest absolute Gasteiger partial charge is 0.485 e. The maximum Gasteiger partial charge on any atom is 0.251 e. The molecule has 230 valence electrons. The molecule has 0 radical (unpaired) electrons. The lowest BCUT2D eigenvalue weighted by Crippen LogP contribution is -2.23. The van der Waals surface area contributed by atoms with E-state index < -0.39 is 6.10 Å². The second-order valence-corrected chi connectivity index (χ2v) is 10.9. The highest BCUT2D eigenvalue weighted by Gasteiger charge is 2.14. The molecule has 0 spiro atoms. The second-order valence-electron chi connectivity index (χ2n) is 10.9. The highest BCUT2D eigenvalue weighted by atomic mass is 16.5. The van der Waals surface area contributed by atoms with Crippen LogP contribution in [-0.2, 0) is 26.2 Å². The zero-order chi connectivity index (χ0) is 31.1. The lowest BCUT2D eigenvalue weighted by atomic mass is 10.1. The molecule has 1 unspecified atom stereocenters. The Morgan fingerprint density at radius 3 is 1.91 bits per heavy atom. The summed E-state index contributed by atoms with van der Waals surface area (Å²) < 4.78 is 12.3. The summed E-state index contributed by atoms with van der Waals surface area (Å²) in [6.45, 7) is 2.46. The smallest absolute Gasteiger partial charge is 0.251 e. The van der Waals surface area contributed by atoms with Crippen LogP contribution in [0.5, 0.6) is 11.5 Å². The molecule has 5 rings (SSSR count). The van der Waals surface area contributed by atoms with E-state index in [9.17, 15) is 9.90 Å². The third-order valence-corrected chi connectivity index (χ3v) is 7.47. The molecule has 0 aliphatic rings. The van der Waals surface area contributed by atoms with Crippen molar-refractivity contribution in [3.8, 4) is 11.5 Å². The van der Waals surface area contributed by atoms with Crippen LogP contribution >= 0.6 is 0 Å². The number of benzene rings is 5. The Kier molecular flexibility index (Phi) is 11.8. The van der Waals surface area contributed by atoms with Gasteiger partial charge in [0.2, 0.25) is 0 Å². The molecule has 0 fully saturated rings. The number of aliphatic hydroxyl groups is 1. The molecule has 45 heavy (non-hydrogen) atoms. The minimum Gasteiger partial charge on any atom is -0.485 e. The molecule has 0 aliphatic carbocycles. The van der Waals surface area contributed by atoms with Gasteiger partial charge in [0.25, 0.3) is 5.91 Å². The van der Waals surface area contributed by atoms with Crippen molar-refractivity contribution >= 4 is 5.91 Å². The van der Waals surface area contributed by atoms with Crippen LogP contribution in [0, 0.1) is 0 Å². The van der Waals surface area contributed by atoms with Crippen molar-refractivity contribution in [2.75, 3.05) is 13.1 Å². The Balaban J connectivity index is 1.10. The monoisotopic (exact) mass is 600 g/mol. The molecule has 5 aromatic rings.